The van der Waals surface area contributed by atoms with E-state index in [0.717, 1.165) is 16.8 Å². The molecule has 0 bridgehead atoms. The Labute approximate surface area is 198 Å². The average molecular weight is 464 g/mol. The SMILES string of the molecule is CC(C)(C)c1ccc(/C=N\OCC(=O)N2N=C(c3ccc(Cl)cc3)C[C@H]2c2ccco2)cc1. The molecule has 7 heteroatoms. The van der Waals surface area contributed by atoms with E-state index in [2.05, 4.69) is 43.2 Å². The Morgan fingerprint density at radius 1 is 1.18 bits per heavy atom. The minimum absolute atomic E-state index is 0.0875. The number of nitrogens with zero attached hydrogens (tertiary/aromatic N) is 3. The van der Waals surface area contributed by atoms with Crippen LogP contribution in [0.4, 0.5) is 0 Å². The first-order chi connectivity index (χ1) is 15.8. The number of hydrogen-bond acceptors (Lipinski definition) is 5. The van der Waals surface area contributed by atoms with Crippen LogP contribution < -0.4 is 0 Å². The van der Waals surface area contributed by atoms with Gasteiger partial charge in [0.1, 0.15) is 11.8 Å². The summed E-state index contributed by atoms with van der Waals surface area (Å²) in [6, 6.07) is 18.8. The smallest absolute Gasteiger partial charge is 0.284 e. The van der Waals surface area contributed by atoms with Crippen LogP contribution in [0.2, 0.25) is 5.02 Å². The molecular weight excluding hydrogens is 438 g/mol. The average Bonchev–Trinajstić information content (AvgIpc) is 3.47. The Morgan fingerprint density at radius 3 is 2.55 bits per heavy atom. The maximum absolute atomic E-state index is 12.9. The highest BCUT2D eigenvalue weighted by atomic mass is 35.5. The number of benzene rings is 2. The lowest BCUT2D eigenvalue weighted by Crippen LogP contribution is -2.29. The van der Waals surface area contributed by atoms with E-state index in [-0.39, 0.29) is 24.0 Å². The van der Waals surface area contributed by atoms with Crippen molar-refractivity contribution >= 4 is 29.4 Å². The molecule has 0 radical (unpaired) electrons. The molecule has 0 aliphatic carbocycles. The second-order valence-corrected chi connectivity index (χ2v) is 9.34. The van der Waals surface area contributed by atoms with Gasteiger partial charge in [-0.3, -0.25) is 4.79 Å². The predicted octanol–water partition coefficient (Wildman–Crippen LogP) is 5.96. The van der Waals surface area contributed by atoms with Crippen molar-refractivity contribution in [2.24, 2.45) is 10.3 Å². The zero-order chi connectivity index (χ0) is 23.4. The molecular formula is C26H26ClN3O3. The zero-order valence-corrected chi connectivity index (χ0v) is 19.6. The fourth-order valence-electron chi connectivity index (χ4n) is 3.59. The summed E-state index contributed by atoms with van der Waals surface area (Å²) in [5.41, 5.74) is 3.91. The van der Waals surface area contributed by atoms with Gasteiger partial charge in [0.15, 0.2) is 6.61 Å². The van der Waals surface area contributed by atoms with E-state index in [1.165, 1.54) is 10.6 Å². The van der Waals surface area contributed by atoms with E-state index in [4.69, 9.17) is 20.9 Å². The number of hydrogen-bond donors (Lipinski definition) is 0. The van der Waals surface area contributed by atoms with Gasteiger partial charge >= 0.3 is 0 Å². The minimum atomic E-state index is -0.337. The molecule has 2 heterocycles. The number of oxime groups is 1. The van der Waals surface area contributed by atoms with Crippen molar-refractivity contribution in [2.45, 2.75) is 38.6 Å². The molecule has 1 amide bonds. The maximum atomic E-state index is 12.9. The third-order valence-electron chi connectivity index (χ3n) is 5.46. The van der Waals surface area contributed by atoms with Crippen LogP contribution >= 0.6 is 11.6 Å². The summed E-state index contributed by atoms with van der Waals surface area (Å²) in [6.45, 7) is 6.27. The number of halogens is 1. The molecule has 1 aromatic heterocycles. The van der Waals surface area contributed by atoms with Crippen molar-refractivity contribution < 1.29 is 14.0 Å². The van der Waals surface area contributed by atoms with Gasteiger partial charge in [-0.2, -0.15) is 5.10 Å². The maximum Gasteiger partial charge on any atom is 0.284 e. The highest BCUT2D eigenvalue weighted by Crippen LogP contribution is 2.33. The van der Waals surface area contributed by atoms with Gasteiger partial charge < -0.3 is 9.25 Å². The summed E-state index contributed by atoms with van der Waals surface area (Å²) in [7, 11) is 0. The molecule has 0 saturated carbocycles. The quantitative estimate of drug-likeness (QED) is 0.334. The Bertz CT molecular complexity index is 1140. The predicted molar refractivity (Wildman–Crippen MR) is 130 cm³/mol. The fourth-order valence-corrected chi connectivity index (χ4v) is 3.71. The van der Waals surface area contributed by atoms with Gasteiger partial charge in [-0.15, -0.1) is 0 Å². The second kappa shape index (κ2) is 9.63. The van der Waals surface area contributed by atoms with Crippen LogP contribution in [0.25, 0.3) is 0 Å². The first-order valence-electron chi connectivity index (χ1n) is 10.8. The summed E-state index contributed by atoms with van der Waals surface area (Å²) in [6.07, 6.45) is 3.71. The number of rotatable bonds is 6. The monoisotopic (exact) mass is 463 g/mol. The molecule has 4 rings (SSSR count). The molecule has 3 aromatic rings. The topological polar surface area (TPSA) is 67.4 Å². The van der Waals surface area contributed by atoms with E-state index in [1.54, 1.807) is 30.7 Å². The summed E-state index contributed by atoms with van der Waals surface area (Å²) in [5.74, 6) is 0.360. The van der Waals surface area contributed by atoms with Gasteiger partial charge in [-0.1, -0.05) is 73.9 Å². The Hall–Kier alpha value is -3.38. The third-order valence-corrected chi connectivity index (χ3v) is 5.71. The molecule has 1 aliphatic heterocycles. The standard InChI is InChI=1S/C26H26ClN3O3/c1-26(2,3)20-10-6-18(7-11-20)16-28-33-17-25(31)30-23(24-5-4-14-32-24)15-22(29-30)19-8-12-21(27)13-9-19/h4-14,16,23H,15,17H2,1-3H3/b28-16-/t23-/m0/s1. The Balaban J connectivity index is 1.42. The molecule has 0 saturated heterocycles. The number of furan rings is 1. The minimum Gasteiger partial charge on any atom is -0.467 e. The van der Waals surface area contributed by atoms with Crippen molar-refractivity contribution in [3.05, 3.63) is 94.4 Å². The molecule has 1 atom stereocenters. The molecule has 0 unspecified atom stereocenters. The summed E-state index contributed by atoms with van der Waals surface area (Å²) in [5, 5.41) is 10.6. The van der Waals surface area contributed by atoms with Gasteiger partial charge in [0.25, 0.3) is 5.91 Å². The van der Waals surface area contributed by atoms with E-state index in [9.17, 15) is 4.79 Å². The molecule has 0 N–H and O–H groups in total. The molecule has 170 valence electrons. The molecule has 1 aliphatic rings. The van der Waals surface area contributed by atoms with Crippen molar-refractivity contribution in [3.8, 4) is 0 Å². The van der Waals surface area contributed by atoms with Gasteiger partial charge in [-0.25, -0.2) is 5.01 Å². The number of carbonyl (C=O) groups is 1. The van der Waals surface area contributed by atoms with Gasteiger partial charge in [0.05, 0.1) is 18.2 Å². The molecule has 33 heavy (non-hydrogen) atoms. The van der Waals surface area contributed by atoms with Crippen LogP contribution in [0.3, 0.4) is 0 Å². The van der Waals surface area contributed by atoms with Crippen molar-refractivity contribution in [1.82, 2.24) is 5.01 Å². The first kappa shape index (κ1) is 22.8. The molecule has 2 aromatic carbocycles. The molecule has 6 nitrogen and oxygen atoms in total. The summed E-state index contributed by atoms with van der Waals surface area (Å²) >= 11 is 6.00. The number of amides is 1. The Kier molecular flexibility index (Phi) is 6.65. The van der Waals surface area contributed by atoms with Crippen LogP contribution in [0.15, 0.2) is 81.6 Å². The van der Waals surface area contributed by atoms with Crippen molar-refractivity contribution in [2.75, 3.05) is 6.61 Å². The van der Waals surface area contributed by atoms with E-state index in [0.29, 0.717) is 17.2 Å². The van der Waals surface area contributed by atoms with E-state index in [1.807, 2.05) is 30.3 Å². The molecule has 0 spiro atoms. The zero-order valence-electron chi connectivity index (χ0n) is 18.9. The lowest BCUT2D eigenvalue weighted by molar-refractivity contribution is -0.138. The van der Waals surface area contributed by atoms with Crippen molar-refractivity contribution in [1.29, 1.82) is 0 Å². The van der Waals surface area contributed by atoms with Crippen LogP contribution in [-0.2, 0) is 15.0 Å². The molecule has 0 fully saturated rings. The lowest BCUT2D eigenvalue weighted by atomic mass is 9.87. The Morgan fingerprint density at radius 2 is 1.91 bits per heavy atom. The van der Waals surface area contributed by atoms with Crippen LogP contribution in [0, 0.1) is 0 Å². The normalized spacial score (nSPS) is 16.3. The van der Waals surface area contributed by atoms with Crippen molar-refractivity contribution in [3.63, 3.8) is 0 Å². The fraction of sp³-hybridized carbons (Fsp3) is 0.269. The number of hydrazone groups is 1. The largest absolute Gasteiger partial charge is 0.467 e. The van der Waals surface area contributed by atoms with Crippen LogP contribution in [-0.4, -0.2) is 29.4 Å². The third kappa shape index (κ3) is 5.52. The van der Waals surface area contributed by atoms with Crippen LogP contribution in [0.5, 0.6) is 0 Å². The first-order valence-corrected chi connectivity index (χ1v) is 11.1. The van der Waals surface area contributed by atoms with E-state index < -0.39 is 0 Å². The summed E-state index contributed by atoms with van der Waals surface area (Å²) < 4.78 is 5.56. The van der Waals surface area contributed by atoms with Gasteiger partial charge in [0.2, 0.25) is 0 Å². The summed E-state index contributed by atoms with van der Waals surface area (Å²) in [4.78, 5) is 18.2. The highest BCUT2D eigenvalue weighted by Gasteiger charge is 2.35. The number of carbonyl (C=O) groups excluding carboxylic acids is 1. The van der Waals surface area contributed by atoms with E-state index >= 15 is 0 Å². The lowest BCUT2D eigenvalue weighted by Gasteiger charge is -2.19. The second-order valence-electron chi connectivity index (χ2n) is 8.91. The van der Waals surface area contributed by atoms with Gasteiger partial charge in [0, 0.05) is 11.4 Å². The van der Waals surface area contributed by atoms with Gasteiger partial charge in [-0.05, 0) is 46.4 Å². The van der Waals surface area contributed by atoms with Crippen LogP contribution in [0.1, 0.15) is 55.7 Å². The highest BCUT2D eigenvalue weighted by molar-refractivity contribution is 6.30.